The van der Waals surface area contributed by atoms with E-state index in [0.29, 0.717) is 12.8 Å². The standard InChI is InChI=1S/C18H30O7/c1-11(8-7-9-19)16(12(2)17(21)22-6)23-15(20)10-14-13(3)24-18(4,5)25-14/h9,11-14,16H,7-8,10H2,1-6H3/t11-,12+,13+,14+,16+/m0/s1. The van der Waals surface area contributed by atoms with Gasteiger partial charge in [-0.05, 0) is 40.0 Å². The number of hydrogen-bond donors (Lipinski definition) is 0. The van der Waals surface area contributed by atoms with E-state index < -0.39 is 35.9 Å². The van der Waals surface area contributed by atoms with Crippen molar-refractivity contribution in [2.24, 2.45) is 11.8 Å². The van der Waals surface area contributed by atoms with Crippen LogP contribution in [0.4, 0.5) is 0 Å². The third-order valence-electron chi connectivity index (χ3n) is 4.43. The zero-order valence-electron chi connectivity index (χ0n) is 15.9. The van der Waals surface area contributed by atoms with Crippen LogP contribution in [0.25, 0.3) is 0 Å². The van der Waals surface area contributed by atoms with Crippen molar-refractivity contribution in [3.63, 3.8) is 0 Å². The van der Waals surface area contributed by atoms with Gasteiger partial charge in [0.05, 0.1) is 31.7 Å². The Balaban J connectivity index is 2.73. The van der Waals surface area contributed by atoms with Crippen molar-refractivity contribution >= 4 is 18.2 Å². The molecule has 0 aromatic rings. The van der Waals surface area contributed by atoms with Gasteiger partial charge in [0.25, 0.3) is 0 Å². The Labute approximate surface area is 149 Å². The lowest BCUT2D eigenvalue weighted by molar-refractivity contribution is -0.167. The Kier molecular flexibility index (Phi) is 8.02. The summed E-state index contributed by atoms with van der Waals surface area (Å²) in [4.78, 5) is 34.9. The molecule has 0 N–H and O–H groups in total. The minimum Gasteiger partial charge on any atom is -0.469 e. The van der Waals surface area contributed by atoms with Crippen molar-refractivity contribution in [1.29, 1.82) is 0 Å². The molecule has 0 unspecified atom stereocenters. The van der Waals surface area contributed by atoms with Gasteiger partial charge in [-0.15, -0.1) is 0 Å². The second-order valence-corrected chi connectivity index (χ2v) is 7.07. The number of methoxy groups -OCH3 is 1. The van der Waals surface area contributed by atoms with E-state index in [2.05, 4.69) is 0 Å². The van der Waals surface area contributed by atoms with E-state index in [-0.39, 0.29) is 18.4 Å². The minimum absolute atomic E-state index is 0.0371. The largest absolute Gasteiger partial charge is 0.469 e. The summed E-state index contributed by atoms with van der Waals surface area (Å²) in [6.07, 6.45) is 0.420. The van der Waals surface area contributed by atoms with Gasteiger partial charge < -0.3 is 23.7 Å². The van der Waals surface area contributed by atoms with Crippen molar-refractivity contribution in [2.45, 2.75) is 78.0 Å². The topological polar surface area (TPSA) is 88.1 Å². The van der Waals surface area contributed by atoms with E-state index in [4.69, 9.17) is 18.9 Å². The molecule has 0 aliphatic carbocycles. The summed E-state index contributed by atoms with van der Waals surface area (Å²) < 4.78 is 21.7. The molecular weight excluding hydrogens is 328 g/mol. The Bertz CT molecular complexity index is 474. The summed E-state index contributed by atoms with van der Waals surface area (Å²) in [5.41, 5.74) is 0. The summed E-state index contributed by atoms with van der Waals surface area (Å²) >= 11 is 0. The molecular formula is C18H30O7. The lowest BCUT2D eigenvalue weighted by atomic mass is 9.90. The molecule has 1 saturated heterocycles. The van der Waals surface area contributed by atoms with Crippen LogP contribution in [0, 0.1) is 11.8 Å². The van der Waals surface area contributed by atoms with Crippen LogP contribution in [-0.2, 0) is 33.3 Å². The zero-order valence-corrected chi connectivity index (χ0v) is 15.9. The predicted molar refractivity (Wildman–Crippen MR) is 89.6 cm³/mol. The normalized spacial score (nSPS) is 25.7. The summed E-state index contributed by atoms with van der Waals surface area (Å²) in [7, 11) is 1.29. The van der Waals surface area contributed by atoms with E-state index in [1.807, 2.05) is 13.8 Å². The van der Waals surface area contributed by atoms with Crippen LogP contribution in [0.15, 0.2) is 0 Å². The smallest absolute Gasteiger partial charge is 0.312 e. The highest BCUT2D eigenvalue weighted by Crippen LogP contribution is 2.30. The number of carbonyl (C=O) groups is 3. The van der Waals surface area contributed by atoms with E-state index in [9.17, 15) is 14.4 Å². The maximum Gasteiger partial charge on any atom is 0.312 e. The van der Waals surface area contributed by atoms with Crippen LogP contribution >= 0.6 is 0 Å². The number of ether oxygens (including phenoxy) is 4. The lowest BCUT2D eigenvalue weighted by Crippen LogP contribution is -2.37. The molecule has 25 heavy (non-hydrogen) atoms. The van der Waals surface area contributed by atoms with Gasteiger partial charge in [-0.3, -0.25) is 9.59 Å². The average molecular weight is 358 g/mol. The fourth-order valence-electron chi connectivity index (χ4n) is 3.11. The number of aldehydes is 1. The third-order valence-corrected chi connectivity index (χ3v) is 4.43. The van der Waals surface area contributed by atoms with Gasteiger partial charge in [-0.25, -0.2) is 0 Å². The van der Waals surface area contributed by atoms with Crippen LogP contribution in [0.3, 0.4) is 0 Å². The summed E-state index contributed by atoms with van der Waals surface area (Å²) in [5.74, 6) is -2.43. The molecule has 0 amide bonds. The summed E-state index contributed by atoms with van der Waals surface area (Å²) in [6.45, 7) is 8.93. The van der Waals surface area contributed by atoms with Gasteiger partial charge in [0.2, 0.25) is 0 Å². The van der Waals surface area contributed by atoms with Gasteiger partial charge in [0, 0.05) is 6.42 Å². The number of hydrogen-bond acceptors (Lipinski definition) is 7. The Morgan fingerprint density at radius 3 is 2.36 bits per heavy atom. The Morgan fingerprint density at radius 2 is 1.88 bits per heavy atom. The molecule has 0 aromatic carbocycles. The van der Waals surface area contributed by atoms with Gasteiger partial charge in [-0.2, -0.15) is 0 Å². The van der Waals surface area contributed by atoms with Crippen molar-refractivity contribution in [2.75, 3.05) is 7.11 Å². The first-order valence-electron chi connectivity index (χ1n) is 8.67. The molecule has 1 aliphatic rings. The molecule has 7 heteroatoms. The molecule has 0 saturated carbocycles. The van der Waals surface area contributed by atoms with E-state index in [1.165, 1.54) is 7.11 Å². The lowest BCUT2D eigenvalue weighted by Gasteiger charge is -2.28. The maximum absolute atomic E-state index is 12.4. The summed E-state index contributed by atoms with van der Waals surface area (Å²) in [6, 6.07) is 0. The van der Waals surface area contributed by atoms with Crippen molar-refractivity contribution in [1.82, 2.24) is 0 Å². The first-order chi connectivity index (χ1) is 11.6. The van der Waals surface area contributed by atoms with E-state index >= 15 is 0 Å². The van der Waals surface area contributed by atoms with Gasteiger partial charge in [-0.1, -0.05) is 6.92 Å². The molecule has 5 atom stereocenters. The molecule has 0 bridgehead atoms. The molecule has 0 aromatic heterocycles. The van der Waals surface area contributed by atoms with Crippen LogP contribution in [0.5, 0.6) is 0 Å². The zero-order chi connectivity index (χ0) is 19.2. The number of esters is 2. The Morgan fingerprint density at radius 1 is 1.24 bits per heavy atom. The number of rotatable bonds is 9. The molecule has 1 fully saturated rings. The monoisotopic (exact) mass is 358 g/mol. The van der Waals surface area contributed by atoms with Gasteiger partial charge in [0.15, 0.2) is 5.79 Å². The molecule has 144 valence electrons. The third kappa shape index (κ3) is 6.40. The fourth-order valence-corrected chi connectivity index (χ4v) is 3.11. The van der Waals surface area contributed by atoms with Crippen molar-refractivity contribution < 1.29 is 33.3 Å². The quantitative estimate of drug-likeness (QED) is 0.461. The van der Waals surface area contributed by atoms with Crippen molar-refractivity contribution in [3.8, 4) is 0 Å². The van der Waals surface area contributed by atoms with Crippen LogP contribution in [-0.4, -0.2) is 49.4 Å². The van der Waals surface area contributed by atoms with Crippen molar-refractivity contribution in [3.05, 3.63) is 0 Å². The second-order valence-electron chi connectivity index (χ2n) is 7.07. The maximum atomic E-state index is 12.4. The fraction of sp³-hybridized carbons (Fsp3) is 0.833. The van der Waals surface area contributed by atoms with Gasteiger partial charge in [0.1, 0.15) is 12.4 Å². The molecule has 0 spiro atoms. The van der Waals surface area contributed by atoms with Crippen LogP contribution in [0.1, 0.15) is 53.9 Å². The minimum atomic E-state index is -0.736. The van der Waals surface area contributed by atoms with Gasteiger partial charge >= 0.3 is 11.9 Å². The second kappa shape index (κ2) is 9.29. The van der Waals surface area contributed by atoms with Crippen LogP contribution in [0.2, 0.25) is 0 Å². The first-order valence-corrected chi connectivity index (χ1v) is 8.67. The highest BCUT2D eigenvalue weighted by molar-refractivity contribution is 5.74. The summed E-state index contributed by atoms with van der Waals surface area (Å²) in [5, 5.41) is 0. The Hall–Kier alpha value is -1.47. The molecule has 1 rings (SSSR count). The first kappa shape index (κ1) is 21.6. The SMILES string of the molecule is COC(=O)[C@H](C)[C@H](OC(=O)C[C@H]1OC(C)(C)O[C@@H]1C)[C@@H](C)CCC=O. The average Bonchev–Trinajstić information content (AvgIpc) is 2.80. The molecule has 1 heterocycles. The van der Waals surface area contributed by atoms with Crippen LogP contribution < -0.4 is 0 Å². The molecule has 0 radical (unpaired) electrons. The molecule has 7 nitrogen and oxygen atoms in total. The predicted octanol–water partition coefficient (Wildman–Crippen LogP) is 2.25. The molecule has 1 aliphatic heterocycles. The number of carbonyl (C=O) groups excluding carboxylic acids is 3. The highest BCUT2D eigenvalue weighted by atomic mass is 16.8. The van der Waals surface area contributed by atoms with E-state index in [0.717, 1.165) is 6.29 Å². The van der Waals surface area contributed by atoms with E-state index in [1.54, 1.807) is 20.8 Å². The highest BCUT2D eigenvalue weighted by Gasteiger charge is 2.41.